The predicted molar refractivity (Wildman–Crippen MR) is 124 cm³/mol. The molecule has 3 heterocycles. The van der Waals surface area contributed by atoms with Crippen LogP contribution < -0.4 is 0 Å². The molecule has 1 aliphatic carbocycles. The molecule has 7 heteroatoms. The predicted octanol–water partition coefficient (Wildman–Crippen LogP) is 4.42. The minimum Gasteiger partial charge on any atom is -0.466 e. The number of fused-ring (bicyclic) bond motifs is 3. The molecule has 2 aromatic heterocycles. The zero-order valence-corrected chi connectivity index (χ0v) is 19.3. The quantitative estimate of drug-likeness (QED) is 0.553. The monoisotopic (exact) mass is 449 g/mol. The van der Waals surface area contributed by atoms with Crippen molar-refractivity contribution in [2.24, 2.45) is 5.92 Å². The number of ether oxygens (including phenoxy) is 1. The number of para-hydroxylation sites is 1. The molecule has 0 unspecified atom stereocenters. The molecule has 0 radical (unpaired) electrons. The van der Waals surface area contributed by atoms with Gasteiger partial charge < -0.3 is 9.64 Å². The highest BCUT2D eigenvalue weighted by molar-refractivity contribution is 7.17. The molecular weight excluding hydrogens is 422 g/mol. The van der Waals surface area contributed by atoms with Crippen LogP contribution in [0, 0.1) is 12.8 Å². The van der Waals surface area contributed by atoms with Crippen LogP contribution >= 0.6 is 11.3 Å². The summed E-state index contributed by atoms with van der Waals surface area (Å²) in [5, 5.41) is 4.83. The molecule has 0 saturated carbocycles. The molecular formula is C25H27N3O3S. The number of amides is 1. The number of nitrogens with zero attached hydrogens (tertiary/aromatic N) is 3. The minimum absolute atomic E-state index is 0.0213. The van der Waals surface area contributed by atoms with Gasteiger partial charge in [-0.25, -0.2) is 4.68 Å². The summed E-state index contributed by atoms with van der Waals surface area (Å²) in [6, 6.07) is 12.3. The van der Waals surface area contributed by atoms with Crippen LogP contribution in [0.3, 0.4) is 0 Å². The van der Waals surface area contributed by atoms with E-state index in [-0.39, 0.29) is 17.8 Å². The van der Waals surface area contributed by atoms with Gasteiger partial charge in [-0.1, -0.05) is 18.2 Å². The number of hydrogen-bond acceptors (Lipinski definition) is 5. The SMILES string of the molecule is CCOC(=O)[C@@H]1CCCN(C(=O)c2cc3c(s2)-c2c(C)nn(-c4ccccc4)c2CC3)C1. The van der Waals surface area contributed by atoms with Gasteiger partial charge in [-0.3, -0.25) is 9.59 Å². The number of carbonyl (C=O) groups is 2. The van der Waals surface area contributed by atoms with Crippen molar-refractivity contribution in [1.29, 1.82) is 0 Å². The van der Waals surface area contributed by atoms with E-state index in [0.29, 0.717) is 19.7 Å². The van der Waals surface area contributed by atoms with Crippen LogP contribution in [0.4, 0.5) is 0 Å². The number of thiophene rings is 1. The van der Waals surface area contributed by atoms with E-state index in [1.165, 1.54) is 16.8 Å². The Hall–Kier alpha value is -2.93. The van der Waals surface area contributed by atoms with Gasteiger partial charge in [0.15, 0.2) is 0 Å². The van der Waals surface area contributed by atoms with E-state index in [1.807, 2.05) is 41.6 Å². The van der Waals surface area contributed by atoms with Gasteiger partial charge in [0.2, 0.25) is 0 Å². The van der Waals surface area contributed by atoms with Gasteiger partial charge in [-0.15, -0.1) is 11.3 Å². The van der Waals surface area contributed by atoms with E-state index in [2.05, 4.69) is 18.2 Å². The Bertz CT molecular complexity index is 1160. The second-order valence-corrected chi connectivity index (χ2v) is 9.51. The van der Waals surface area contributed by atoms with Crippen molar-refractivity contribution >= 4 is 23.2 Å². The molecule has 0 spiro atoms. The number of aryl methyl sites for hydroxylation is 2. The normalized spacial score (nSPS) is 17.6. The average Bonchev–Trinajstić information content (AvgIpc) is 3.40. The first-order valence-corrected chi connectivity index (χ1v) is 12.1. The van der Waals surface area contributed by atoms with Crippen LogP contribution in [0.15, 0.2) is 36.4 Å². The average molecular weight is 450 g/mol. The first kappa shape index (κ1) is 20.9. The summed E-state index contributed by atoms with van der Waals surface area (Å²) in [6.07, 6.45) is 3.41. The number of aromatic nitrogens is 2. The summed E-state index contributed by atoms with van der Waals surface area (Å²) in [7, 11) is 0. The van der Waals surface area contributed by atoms with Crippen LogP contribution in [-0.4, -0.2) is 46.3 Å². The first-order chi connectivity index (χ1) is 15.6. The third-order valence-corrected chi connectivity index (χ3v) is 7.55. The second-order valence-electron chi connectivity index (χ2n) is 8.46. The molecule has 32 heavy (non-hydrogen) atoms. The van der Waals surface area contributed by atoms with E-state index in [9.17, 15) is 9.59 Å². The van der Waals surface area contributed by atoms with Crippen molar-refractivity contribution in [3.05, 3.63) is 58.2 Å². The number of piperidine rings is 1. The summed E-state index contributed by atoms with van der Waals surface area (Å²) in [5.41, 5.74) is 5.66. The van der Waals surface area contributed by atoms with Gasteiger partial charge in [0.25, 0.3) is 5.91 Å². The number of carbonyl (C=O) groups excluding carboxylic acids is 2. The lowest BCUT2D eigenvalue weighted by Gasteiger charge is -2.31. The van der Waals surface area contributed by atoms with E-state index in [1.54, 1.807) is 11.3 Å². The van der Waals surface area contributed by atoms with E-state index >= 15 is 0 Å². The molecule has 1 aliphatic heterocycles. The first-order valence-electron chi connectivity index (χ1n) is 11.3. The Balaban J connectivity index is 1.43. The van der Waals surface area contributed by atoms with Crippen molar-refractivity contribution < 1.29 is 14.3 Å². The molecule has 1 atom stereocenters. The molecule has 0 bridgehead atoms. The molecule has 0 N–H and O–H groups in total. The highest BCUT2D eigenvalue weighted by Gasteiger charge is 2.32. The molecule has 2 aliphatic rings. The van der Waals surface area contributed by atoms with Gasteiger partial charge in [0, 0.05) is 23.5 Å². The second kappa shape index (κ2) is 8.54. The van der Waals surface area contributed by atoms with Gasteiger partial charge in [-0.2, -0.15) is 5.10 Å². The fourth-order valence-corrected chi connectivity index (χ4v) is 6.14. The molecule has 3 aromatic rings. The Labute approximate surface area is 191 Å². The van der Waals surface area contributed by atoms with Crippen LogP contribution in [0.2, 0.25) is 0 Å². The zero-order valence-electron chi connectivity index (χ0n) is 18.5. The molecule has 1 fully saturated rings. The number of benzene rings is 1. The van der Waals surface area contributed by atoms with E-state index in [0.717, 1.165) is 46.8 Å². The minimum atomic E-state index is -0.222. The largest absolute Gasteiger partial charge is 0.466 e. The lowest BCUT2D eigenvalue weighted by atomic mass is 9.95. The summed E-state index contributed by atoms with van der Waals surface area (Å²) in [4.78, 5) is 29.3. The van der Waals surface area contributed by atoms with Crippen LogP contribution in [0.25, 0.3) is 16.1 Å². The molecule has 166 valence electrons. The van der Waals surface area contributed by atoms with Crippen molar-refractivity contribution in [2.45, 2.75) is 39.5 Å². The van der Waals surface area contributed by atoms with Crippen LogP contribution in [-0.2, 0) is 22.4 Å². The van der Waals surface area contributed by atoms with Crippen molar-refractivity contribution in [3.63, 3.8) is 0 Å². The molecule has 1 saturated heterocycles. The Morgan fingerprint density at radius 1 is 1.22 bits per heavy atom. The van der Waals surface area contributed by atoms with Gasteiger partial charge in [-0.05, 0) is 63.3 Å². The van der Waals surface area contributed by atoms with Crippen molar-refractivity contribution in [3.8, 4) is 16.1 Å². The number of hydrogen-bond donors (Lipinski definition) is 0. The van der Waals surface area contributed by atoms with Gasteiger partial charge in [0.1, 0.15) is 0 Å². The Morgan fingerprint density at radius 2 is 2.03 bits per heavy atom. The van der Waals surface area contributed by atoms with Crippen molar-refractivity contribution in [2.75, 3.05) is 19.7 Å². The number of likely N-dealkylation sites (tertiary alicyclic amines) is 1. The zero-order chi connectivity index (χ0) is 22.2. The third kappa shape index (κ3) is 3.64. The van der Waals surface area contributed by atoms with Crippen LogP contribution in [0.1, 0.15) is 46.4 Å². The number of rotatable bonds is 4. The maximum absolute atomic E-state index is 13.3. The summed E-state index contributed by atoms with van der Waals surface area (Å²) < 4.78 is 7.23. The fraction of sp³-hybridized carbons (Fsp3) is 0.400. The van der Waals surface area contributed by atoms with Crippen LogP contribution in [0.5, 0.6) is 0 Å². The van der Waals surface area contributed by atoms with E-state index < -0.39 is 0 Å². The standard InChI is InChI=1S/C25H27N3O3S/c1-3-31-25(30)18-8-7-13-27(15-18)24(29)21-14-17-11-12-20-22(23(17)32-21)16(2)26-28(20)19-9-5-4-6-10-19/h4-6,9-10,14,18H,3,7-8,11-13,15H2,1-2H3/t18-/m1/s1. The lowest BCUT2D eigenvalue weighted by molar-refractivity contribution is -0.149. The maximum Gasteiger partial charge on any atom is 0.310 e. The summed E-state index contributed by atoms with van der Waals surface area (Å²) in [6.45, 7) is 5.36. The van der Waals surface area contributed by atoms with E-state index in [4.69, 9.17) is 9.84 Å². The third-order valence-electron chi connectivity index (χ3n) is 6.36. The highest BCUT2D eigenvalue weighted by Crippen LogP contribution is 2.42. The maximum atomic E-state index is 13.3. The van der Waals surface area contributed by atoms with Gasteiger partial charge >= 0.3 is 5.97 Å². The number of esters is 1. The highest BCUT2D eigenvalue weighted by atomic mass is 32.1. The van der Waals surface area contributed by atoms with Gasteiger partial charge in [0.05, 0.1) is 34.5 Å². The fourth-order valence-electron chi connectivity index (χ4n) is 4.84. The summed E-state index contributed by atoms with van der Waals surface area (Å²) in [5.74, 6) is -0.391. The smallest absolute Gasteiger partial charge is 0.310 e. The molecule has 1 amide bonds. The molecule has 1 aromatic carbocycles. The lowest BCUT2D eigenvalue weighted by Crippen LogP contribution is -2.42. The molecule has 5 rings (SSSR count). The Morgan fingerprint density at radius 3 is 2.81 bits per heavy atom. The topological polar surface area (TPSA) is 64.4 Å². The Kier molecular flexibility index (Phi) is 5.59. The summed E-state index contributed by atoms with van der Waals surface area (Å²) >= 11 is 1.56. The van der Waals surface area contributed by atoms with Crippen molar-refractivity contribution in [1.82, 2.24) is 14.7 Å². The molecule has 6 nitrogen and oxygen atoms in total.